The third-order valence-corrected chi connectivity index (χ3v) is 11.4. The number of alkyl halides is 1. The Labute approximate surface area is 360 Å². The monoisotopic (exact) mass is 878 g/mol. The summed E-state index contributed by atoms with van der Waals surface area (Å²) in [5.74, 6) is -0.281. The predicted octanol–water partition coefficient (Wildman–Crippen LogP) is 7.08. The summed E-state index contributed by atoms with van der Waals surface area (Å²) in [5, 5.41) is 17.6. The maximum absolute atomic E-state index is 15.2. The number of urea groups is 1. The molecule has 0 spiro atoms. The smallest absolute Gasteiger partial charge is 0.407 e. The Kier molecular flexibility index (Phi) is 13.1. The van der Waals surface area contributed by atoms with Crippen LogP contribution in [0.3, 0.4) is 0 Å². The number of amides is 3. The third-order valence-electron chi connectivity index (χ3n) is 9.95. The largest absolute Gasteiger partial charge is 0.478 e. The molecule has 0 aliphatic carbocycles. The molecule has 330 valence electrons. The second kappa shape index (κ2) is 18.5. The molecule has 62 heavy (non-hydrogen) atoms. The number of aromatic nitrogens is 6. The summed E-state index contributed by atoms with van der Waals surface area (Å²) >= 11 is 1.11. The fourth-order valence-electron chi connectivity index (χ4n) is 7.00. The summed E-state index contributed by atoms with van der Waals surface area (Å²) < 4.78 is 58.2. The zero-order chi connectivity index (χ0) is 44.2. The van der Waals surface area contributed by atoms with Crippen molar-refractivity contribution in [3.63, 3.8) is 0 Å². The van der Waals surface area contributed by atoms with Crippen molar-refractivity contribution in [1.29, 1.82) is 0 Å². The van der Waals surface area contributed by atoms with E-state index >= 15 is 4.39 Å². The summed E-state index contributed by atoms with van der Waals surface area (Å²) in [6.07, 6.45) is 3.24. The number of rotatable bonds is 15. The Bertz CT molecular complexity index is 2430. The number of nitrogens with one attached hydrogen (secondary N) is 2. The van der Waals surface area contributed by atoms with Gasteiger partial charge in [0, 0.05) is 39.3 Å². The summed E-state index contributed by atoms with van der Waals surface area (Å²) in [6.45, 7) is 6.63. The van der Waals surface area contributed by atoms with Crippen LogP contribution in [0.15, 0.2) is 66.2 Å². The fraction of sp³-hybridized carbons (Fsp3) is 0.439. The fourth-order valence-corrected chi connectivity index (χ4v) is 8.41. The molecule has 21 heteroatoms. The molecule has 2 aliphatic rings. The Hall–Kier alpha value is -6.09. The maximum atomic E-state index is 15.2. The van der Waals surface area contributed by atoms with Crippen LogP contribution in [0.25, 0.3) is 11.2 Å². The molecule has 1 saturated heterocycles. The first kappa shape index (κ1) is 44.0. The Morgan fingerprint density at radius 1 is 1.10 bits per heavy atom. The number of nitrogens with zero attached hydrogens (tertiary/aromatic N) is 10. The highest BCUT2D eigenvalue weighted by molar-refractivity contribution is 8.15. The van der Waals surface area contributed by atoms with Crippen LogP contribution in [0.2, 0.25) is 0 Å². The molecular formula is C41H49F3N12O5S. The van der Waals surface area contributed by atoms with Gasteiger partial charge in [0.2, 0.25) is 5.95 Å². The number of aryl methyl sites for hydroxylation is 2. The van der Waals surface area contributed by atoms with E-state index in [1.165, 1.54) is 19.2 Å². The topological polar surface area (TPSA) is 169 Å². The van der Waals surface area contributed by atoms with Gasteiger partial charge in [-0.15, -0.1) is 5.10 Å². The summed E-state index contributed by atoms with van der Waals surface area (Å²) in [4.78, 5) is 47.1. The molecule has 17 nitrogen and oxygen atoms in total. The van der Waals surface area contributed by atoms with Crippen LogP contribution in [0.1, 0.15) is 57.6 Å². The van der Waals surface area contributed by atoms with Crippen LogP contribution in [0, 0.1) is 11.6 Å². The van der Waals surface area contributed by atoms with Crippen LogP contribution in [-0.2, 0) is 28.0 Å². The molecule has 0 radical (unpaired) electrons. The molecule has 7 rings (SSSR count). The average molecular weight is 879 g/mol. The number of hydroxylamine groups is 2. The van der Waals surface area contributed by atoms with Gasteiger partial charge in [0.15, 0.2) is 17.0 Å². The molecular weight excluding hydrogens is 830 g/mol. The minimum Gasteiger partial charge on any atom is -0.478 e. The number of ether oxygens (including phenoxy) is 2. The first-order valence-corrected chi connectivity index (χ1v) is 20.9. The van der Waals surface area contributed by atoms with E-state index in [-0.39, 0.29) is 36.7 Å². The van der Waals surface area contributed by atoms with Gasteiger partial charge in [-0.2, -0.15) is 20.1 Å². The molecule has 2 atom stereocenters. The Balaban J connectivity index is 1.05. The van der Waals surface area contributed by atoms with Gasteiger partial charge in [-0.3, -0.25) is 9.52 Å². The van der Waals surface area contributed by atoms with Gasteiger partial charge in [-0.25, -0.2) is 32.8 Å². The lowest BCUT2D eigenvalue weighted by Crippen LogP contribution is -2.47. The predicted molar refractivity (Wildman–Crippen MR) is 228 cm³/mol. The van der Waals surface area contributed by atoms with Crippen molar-refractivity contribution in [2.75, 3.05) is 50.6 Å². The molecule has 1 fully saturated rings. The summed E-state index contributed by atoms with van der Waals surface area (Å²) in [5.41, 5.74) is 1.48. The van der Waals surface area contributed by atoms with Crippen molar-refractivity contribution in [3.05, 3.63) is 83.8 Å². The highest BCUT2D eigenvalue weighted by atomic mass is 32.2. The number of methoxy groups -OCH3 is 1. The quantitative estimate of drug-likeness (QED) is 0.0811. The van der Waals surface area contributed by atoms with Gasteiger partial charge >= 0.3 is 12.1 Å². The SMILES string of the molecule is COc1nn(CCCON(C)C(=O)N2N=C(c3cc(F)ccc3F)S[C@@]2(CCCNC(=O)OC(C)(C)C)c2ccccc2)cc1Nc1nc(N2CCC(F)C2)nc2c1ncn2C. The van der Waals surface area contributed by atoms with Gasteiger partial charge in [-0.1, -0.05) is 42.1 Å². The number of alkyl carbamates (subject to hydrolysis) is 1. The highest BCUT2D eigenvalue weighted by Crippen LogP contribution is 2.51. The standard InChI is InChI=1S/C41H49F3N12O5S/c1-40(2,3)61-38(57)45-18-10-17-41(26-12-8-7-9-13-26)56(51-36(62-41)29-22-27(42)14-15-30(29)44)39(58)53(5)60-21-11-19-55-24-31(35(50-55)59-6)47-33-32-34(52(4)25-46-32)49-37(48-33)54-20-16-28(43)23-54/h7-9,12-15,22,24-25,28H,10-11,16-21,23H2,1-6H3,(H,45,57)(H,47,48,49)/t28?,41-/m0/s1. The minimum absolute atomic E-state index is 0.0800. The molecule has 0 saturated carbocycles. The van der Waals surface area contributed by atoms with Crippen LogP contribution in [0.4, 0.5) is 40.2 Å². The second-order valence-electron chi connectivity index (χ2n) is 15.8. The molecule has 2 aromatic carbocycles. The Morgan fingerprint density at radius 3 is 2.61 bits per heavy atom. The van der Waals surface area contributed by atoms with E-state index in [1.807, 2.05) is 37.4 Å². The number of anilines is 3. The van der Waals surface area contributed by atoms with E-state index in [1.54, 1.807) is 47.4 Å². The van der Waals surface area contributed by atoms with Crippen LogP contribution < -0.4 is 20.3 Å². The van der Waals surface area contributed by atoms with Crippen LogP contribution in [0.5, 0.6) is 5.88 Å². The van der Waals surface area contributed by atoms with E-state index in [2.05, 4.69) is 30.8 Å². The van der Waals surface area contributed by atoms with E-state index in [4.69, 9.17) is 19.3 Å². The average Bonchev–Trinajstić information content (AvgIpc) is 4.04. The number of halogens is 3. The summed E-state index contributed by atoms with van der Waals surface area (Å²) in [6, 6.07) is 11.5. The van der Waals surface area contributed by atoms with Crippen molar-refractivity contribution in [2.45, 2.75) is 69.6 Å². The summed E-state index contributed by atoms with van der Waals surface area (Å²) in [7, 11) is 4.77. The first-order chi connectivity index (χ1) is 29.6. The molecule has 2 N–H and O–H groups in total. The van der Waals surface area contributed by atoms with Gasteiger partial charge in [0.05, 0.1) is 32.8 Å². The van der Waals surface area contributed by atoms with Crippen LogP contribution in [-0.4, -0.2) is 109 Å². The van der Waals surface area contributed by atoms with Crippen molar-refractivity contribution in [1.82, 2.24) is 44.7 Å². The van der Waals surface area contributed by atoms with Gasteiger partial charge in [0.1, 0.15) is 39.0 Å². The van der Waals surface area contributed by atoms with Crippen molar-refractivity contribution < 1.29 is 37.1 Å². The normalized spacial score (nSPS) is 17.7. The second-order valence-corrected chi connectivity index (χ2v) is 17.0. The van der Waals surface area contributed by atoms with Gasteiger partial charge in [0.25, 0.3) is 5.88 Å². The third kappa shape index (κ3) is 9.83. The Morgan fingerprint density at radius 2 is 1.89 bits per heavy atom. The van der Waals surface area contributed by atoms with Crippen molar-refractivity contribution >= 4 is 57.5 Å². The first-order valence-electron chi connectivity index (χ1n) is 20.1. The zero-order valence-electron chi connectivity index (χ0n) is 35.3. The maximum Gasteiger partial charge on any atom is 0.407 e. The highest BCUT2D eigenvalue weighted by Gasteiger charge is 2.50. The van der Waals surface area contributed by atoms with Crippen molar-refractivity contribution in [3.8, 4) is 5.88 Å². The van der Waals surface area contributed by atoms with E-state index in [0.717, 1.165) is 35.0 Å². The number of hydrogen-bond donors (Lipinski definition) is 2. The van der Waals surface area contributed by atoms with E-state index in [9.17, 15) is 18.4 Å². The molecule has 2 aliphatic heterocycles. The lowest BCUT2D eigenvalue weighted by atomic mass is 10.0. The lowest BCUT2D eigenvalue weighted by molar-refractivity contribution is -0.112. The molecule has 3 amide bonds. The van der Waals surface area contributed by atoms with Crippen LogP contribution >= 0.6 is 11.8 Å². The molecule has 1 unspecified atom stereocenters. The number of hydrogen-bond acceptors (Lipinski definition) is 13. The van der Waals surface area contributed by atoms with Gasteiger partial charge in [-0.05, 0) is 70.2 Å². The van der Waals surface area contributed by atoms with E-state index in [0.29, 0.717) is 72.4 Å². The number of carbonyl (C=O) groups is 2. The number of thioether (sulfide) groups is 1. The molecule has 3 aromatic heterocycles. The lowest BCUT2D eigenvalue weighted by Gasteiger charge is -2.37. The zero-order valence-corrected chi connectivity index (χ0v) is 36.1. The van der Waals surface area contributed by atoms with Crippen molar-refractivity contribution in [2.24, 2.45) is 12.1 Å². The van der Waals surface area contributed by atoms with E-state index < -0.39 is 40.4 Å². The number of fused-ring (bicyclic) bond motifs is 1. The molecule has 0 bridgehead atoms. The number of imidazole rings is 1. The molecule has 5 aromatic rings. The number of carbonyl (C=O) groups excluding carboxylic acids is 2. The minimum atomic E-state index is -1.25. The molecule has 5 heterocycles. The van der Waals surface area contributed by atoms with Gasteiger partial charge < -0.3 is 29.6 Å². The number of hydrazone groups is 1. The number of benzene rings is 2.